The normalized spacial score (nSPS) is 17.6. The lowest BCUT2D eigenvalue weighted by atomic mass is 9.63. The Labute approximate surface area is 186 Å². The molecular formula is C24H27F3O4S. The van der Waals surface area contributed by atoms with E-state index in [0.717, 1.165) is 12.5 Å². The number of hydrogen-bond donors (Lipinski definition) is 1. The van der Waals surface area contributed by atoms with Crippen molar-refractivity contribution in [2.24, 2.45) is 0 Å². The number of alkyl halides is 3. The summed E-state index contributed by atoms with van der Waals surface area (Å²) in [7, 11) is -4.26. The number of rotatable bonds is 5. The van der Waals surface area contributed by atoms with E-state index in [1.807, 2.05) is 27.7 Å². The van der Waals surface area contributed by atoms with E-state index in [0.29, 0.717) is 23.1 Å². The molecule has 4 nitrogen and oxygen atoms in total. The van der Waals surface area contributed by atoms with Crippen LogP contribution in [0.2, 0.25) is 0 Å². The van der Waals surface area contributed by atoms with Crippen LogP contribution in [0.1, 0.15) is 73.1 Å². The molecule has 0 saturated carbocycles. The van der Waals surface area contributed by atoms with Crippen LogP contribution in [0.5, 0.6) is 0 Å². The first-order valence-electron chi connectivity index (χ1n) is 10.4. The Morgan fingerprint density at radius 2 is 1.47 bits per heavy atom. The van der Waals surface area contributed by atoms with Crippen molar-refractivity contribution in [3.8, 4) is 0 Å². The zero-order chi connectivity index (χ0) is 24.1. The van der Waals surface area contributed by atoms with Crippen molar-refractivity contribution in [3.63, 3.8) is 0 Å². The molecule has 1 N–H and O–H groups in total. The topological polar surface area (TPSA) is 71.4 Å². The summed E-state index contributed by atoms with van der Waals surface area (Å²) < 4.78 is 68.1. The van der Waals surface area contributed by atoms with Gasteiger partial charge in [-0.15, -0.1) is 0 Å². The maximum atomic E-state index is 14.0. The summed E-state index contributed by atoms with van der Waals surface area (Å²) in [5, 5.41) is 8.96. The van der Waals surface area contributed by atoms with E-state index in [9.17, 15) is 26.4 Å². The smallest absolute Gasteiger partial charge is 0.417 e. The highest BCUT2D eigenvalue weighted by Crippen LogP contribution is 2.49. The molecule has 2 aromatic carbocycles. The summed E-state index contributed by atoms with van der Waals surface area (Å²) >= 11 is 0. The van der Waals surface area contributed by atoms with Crippen LogP contribution in [-0.2, 0) is 33.3 Å². The average Bonchev–Trinajstić information content (AvgIpc) is 2.69. The lowest BCUT2D eigenvalue weighted by molar-refractivity contribution is -0.140. The molecule has 3 rings (SSSR count). The third kappa shape index (κ3) is 4.70. The Morgan fingerprint density at radius 1 is 0.969 bits per heavy atom. The number of aromatic carboxylic acids is 1. The molecule has 1 aliphatic carbocycles. The number of hydrogen-bond acceptors (Lipinski definition) is 3. The van der Waals surface area contributed by atoms with Gasteiger partial charge in [-0.3, -0.25) is 0 Å². The van der Waals surface area contributed by atoms with E-state index in [4.69, 9.17) is 5.11 Å². The predicted octanol–water partition coefficient (Wildman–Crippen LogP) is 5.77. The maximum absolute atomic E-state index is 14.0. The highest BCUT2D eigenvalue weighted by molar-refractivity contribution is 7.91. The van der Waals surface area contributed by atoms with Crippen LogP contribution in [0.3, 0.4) is 0 Å². The summed E-state index contributed by atoms with van der Waals surface area (Å²) in [5.74, 6) is -1.62. The number of carbonyl (C=O) groups is 1. The fourth-order valence-electron chi connectivity index (χ4n) is 4.25. The summed E-state index contributed by atoms with van der Waals surface area (Å²) in [4.78, 5) is 10.3. The van der Waals surface area contributed by atoms with Crippen LogP contribution in [0.15, 0.2) is 41.3 Å². The summed E-state index contributed by atoms with van der Waals surface area (Å²) in [5.41, 5.74) is -0.272. The van der Waals surface area contributed by atoms with Crippen LogP contribution in [0.25, 0.3) is 0 Å². The van der Waals surface area contributed by atoms with Gasteiger partial charge in [-0.25, -0.2) is 13.2 Å². The summed E-state index contributed by atoms with van der Waals surface area (Å²) in [6.07, 6.45) is -3.37. The standard InChI is InChI=1S/C24H27F3O4S/c1-22(2)10-11-23(3,4)18-14-20(19(13-17(18)22)24(25,26)27)32(30,31)12-9-15-5-7-16(8-6-15)21(28)29/h5-8,13-14H,9-12H2,1-4H3,(H,28,29). The first kappa shape index (κ1) is 24.3. The second-order valence-corrected chi connectivity index (χ2v) is 11.8. The lowest BCUT2D eigenvalue weighted by Gasteiger charge is -2.42. The minimum Gasteiger partial charge on any atom is -0.478 e. The largest absolute Gasteiger partial charge is 0.478 e. The number of aryl methyl sites for hydroxylation is 1. The molecule has 2 aromatic rings. The van der Waals surface area contributed by atoms with Gasteiger partial charge in [0, 0.05) is 0 Å². The Bertz CT molecular complexity index is 1150. The second-order valence-electron chi connectivity index (χ2n) is 9.73. The fourth-order valence-corrected chi connectivity index (χ4v) is 5.78. The Hall–Kier alpha value is -2.35. The van der Waals surface area contributed by atoms with Gasteiger partial charge in [-0.05, 0) is 71.0 Å². The van der Waals surface area contributed by atoms with E-state index in [1.54, 1.807) is 0 Å². The molecule has 0 aliphatic heterocycles. The molecule has 0 bridgehead atoms. The molecule has 32 heavy (non-hydrogen) atoms. The summed E-state index contributed by atoms with van der Waals surface area (Å²) in [6.45, 7) is 7.62. The van der Waals surface area contributed by atoms with E-state index in [-0.39, 0.29) is 12.0 Å². The van der Waals surface area contributed by atoms with Gasteiger partial charge in [-0.2, -0.15) is 13.2 Å². The lowest BCUT2D eigenvalue weighted by Crippen LogP contribution is -2.35. The monoisotopic (exact) mass is 468 g/mol. The van der Waals surface area contributed by atoms with Gasteiger partial charge in [0.2, 0.25) is 0 Å². The van der Waals surface area contributed by atoms with Crippen molar-refractivity contribution in [2.45, 2.75) is 68.9 Å². The van der Waals surface area contributed by atoms with Crippen molar-refractivity contribution in [1.29, 1.82) is 0 Å². The molecule has 0 radical (unpaired) electrons. The number of halogens is 3. The molecule has 8 heteroatoms. The molecule has 0 aromatic heterocycles. The molecule has 0 fully saturated rings. The first-order chi connectivity index (χ1) is 14.5. The molecule has 0 spiro atoms. The number of sulfone groups is 1. The van der Waals surface area contributed by atoms with Gasteiger partial charge in [-0.1, -0.05) is 39.8 Å². The van der Waals surface area contributed by atoms with Crippen LogP contribution < -0.4 is 0 Å². The van der Waals surface area contributed by atoms with E-state index in [2.05, 4.69) is 0 Å². The zero-order valence-corrected chi connectivity index (χ0v) is 19.3. The Morgan fingerprint density at radius 3 is 1.94 bits per heavy atom. The van der Waals surface area contributed by atoms with E-state index >= 15 is 0 Å². The molecule has 174 valence electrons. The number of carboxylic acids is 1. The van der Waals surface area contributed by atoms with E-state index in [1.165, 1.54) is 30.3 Å². The van der Waals surface area contributed by atoms with E-state index < -0.39 is 49.0 Å². The highest BCUT2D eigenvalue weighted by Gasteiger charge is 2.43. The minimum atomic E-state index is -4.81. The quantitative estimate of drug-likeness (QED) is 0.605. The van der Waals surface area contributed by atoms with Gasteiger partial charge in [0.05, 0.1) is 21.8 Å². The third-order valence-corrected chi connectivity index (χ3v) is 8.20. The van der Waals surface area contributed by atoms with Crippen LogP contribution in [0, 0.1) is 0 Å². The van der Waals surface area contributed by atoms with Crippen molar-refractivity contribution in [3.05, 3.63) is 64.2 Å². The molecule has 0 amide bonds. The van der Waals surface area contributed by atoms with Crippen LogP contribution in [0.4, 0.5) is 13.2 Å². The fraction of sp³-hybridized carbons (Fsp3) is 0.458. The molecule has 1 aliphatic rings. The molecule has 0 saturated heterocycles. The number of benzene rings is 2. The maximum Gasteiger partial charge on any atom is 0.417 e. The van der Waals surface area contributed by atoms with Gasteiger partial charge in [0.1, 0.15) is 0 Å². The van der Waals surface area contributed by atoms with Gasteiger partial charge >= 0.3 is 12.1 Å². The molecule has 0 atom stereocenters. The molecular weight excluding hydrogens is 441 g/mol. The number of fused-ring (bicyclic) bond motifs is 1. The SMILES string of the molecule is CC1(C)CCC(C)(C)c2cc(S(=O)(=O)CCc3ccc(C(=O)O)cc3)c(C(F)(F)F)cc21. The van der Waals surface area contributed by atoms with Crippen LogP contribution in [-0.4, -0.2) is 25.2 Å². The second kappa shape index (κ2) is 7.90. The Balaban J connectivity index is 2.06. The average molecular weight is 469 g/mol. The minimum absolute atomic E-state index is 0.0223. The molecule has 0 heterocycles. The predicted molar refractivity (Wildman–Crippen MR) is 116 cm³/mol. The summed E-state index contributed by atoms with van der Waals surface area (Å²) in [6, 6.07) is 7.90. The van der Waals surface area contributed by atoms with Crippen molar-refractivity contribution >= 4 is 15.8 Å². The van der Waals surface area contributed by atoms with Crippen molar-refractivity contribution < 1.29 is 31.5 Å². The van der Waals surface area contributed by atoms with Gasteiger partial charge in [0.25, 0.3) is 0 Å². The number of carboxylic acid groups (broad SMARTS) is 1. The van der Waals surface area contributed by atoms with Crippen molar-refractivity contribution in [2.75, 3.05) is 5.75 Å². The van der Waals surface area contributed by atoms with Gasteiger partial charge < -0.3 is 5.11 Å². The van der Waals surface area contributed by atoms with Crippen LogP contribution >= 0.6 is 0 Å². The first-order valence-corrected chi connectivity index (χ1v) is 12.0. The van der Waals surface area contributed by atoms with Crippen molar-refractivity contribution in [1.82, 2.24) is 0 Å². The zero-order valence-electron chi connectivity index (χ0n) is 18.5. The molecule has 0 unspecified atom stereocenters. The Kier molecular flexibility index (Phi) is 6.00. The third-order valence-electron chi connectivity index (χ3n) is 6.45. The highest BCUT2D eigenvalue weighted by atomic mass is 32.2. The van der Waals surface area contributed by atoms with Gasteiger partial charge in [0.15, 0.2) is 9.84 Å².